The lowest BCUT2D eigenvalue weighted by Crippen LogP contribution is -2.43. The Kier molecular flexibility index (Phi) is 7.58. The van der Waals surface area contributed by atoms with Crippen molar-refractivity contribution in [2.75, 3.05) is 0 Å². The topological polar surface area (TPSA) is 42.7 Å². The normalized spacial score (nSPS) is 13.2. The number of carbonyl (C=O) groups is 1. The first-order valence-corrected chi connectivity index (χ1v) is 9.36. The number of hydrogen-bond acceptors (Lipinski definition) is 1. The highest BCUT2D eigenvalue weighted by molar-refractivity contribution is 6.42. The molecule has 1 atom stereocenters. The Labute approximate surface area is 178 Å². The van der Waals surface area contributed by atoms with Crippen molar-refractivity contribution in [1.29, 1.82) is 0 Å². The fourth-order valence-corrected chi connectivity index (χ4v) is 3.26. The maximum atomic E-state index is 13.0. The molecule has 2 aromatic rings. The number of aryl methyl sites for hydroxylation is 1. The van der Waals surface area contributed by atoms with Gasteiger partial charge in [-0.05, 0) is 47.9 Å². The van der Waals surface area contributed by atoms with E-state index in [9.17, 15) is 31.1 Å². The number of halogens is 8. The van der Waals surface area contributed by atoms with Crippen LogP contribution in [0.3, 0.4) is 0 Å². The molecule has 2 nitrogen and oxygen atoms in total. The SMILES string of the molecule is [NH2+]=C(CCc1cc(C(F)(F)F)cc(C(F)(F)F)c1)C(CC=O)c1ccc(Cl)c(Cl)c1. The highest BCUT2D eigenvalue weighted by atomic mass is 35.5. The molecule has 0 aliphatic heterocycles. The van der Waals surface area contributed by atoms with Gasteiger partial charge in [0.25, 0.3) is 0 Å². The van der Waals surface area contributed by atoms with Gasteiger partial charge in [-0.15, -0.1) is 0 Å². The van der Waals surface area contributed by atoms with E-state index in [0.29, 0.717) is 24.0 Å². The average Bonchev–Trinajstić information content (AvgIpc) is 2.65. The van der Waals surface area contributed by atoms with Crippen LogP contribution in [0, 0.1) is 0 Å². The van der Waals surface area contributed by atoms with E-state index in [1.165, 1.54) is 12.1 Å². The van der Waals surface area contributed by atoms with Crippen molar-refractivity contribution < 1.29 is 36.5 Å². The third-order valence-electron chi connectivity index (χ3n) is 4.48. The van der Waals surface area contributed by atoms with E-state index in [1.807, 2.05) is 0 Å². The van der Waals surface area contributed by atoms with E-state index in [2.05, 4.69) is 0 Å². The maximum absolute atomic E-state index is 13.0. The molecule has 0 bridgehead atoms. The molecule has 0 aromatic heterocycles. The van der Waals surface area contributed by atoms with Gasteiger partial charge < -0.3 is 4.79 Å². The van der Waals surface area contributed by atoms with Gasteiger partial charge in [-0.2, -0.15) is 26.3 Å². The number of rotatable bonds is 7. The zero-order chi connectivity index (χ0) is 22.7. The lowest BCUT2D eigenvalue weighted by Gasteiger charge is -2.16. The molecule has 30 heavy (non-hydrogen) atoms. The van der Waals surface area contributed by atoms with Crippen LogP contribution in [0.15, 0.2) is 36.4 Å². The Bertz CT molecular complexity index is 908. The Hall–Kier alpha value is -2.06. The van der Waals surface area contributed by atoms with Gasteiger partial charge in [-0.25, -0.2) is 0 Å². The van der Waals surface area contributed by atoms with E-state index in [-0.39, 0.29) is 46.6 Å². The van der Waals surface area contributed by atoms with Crippen molar-refractivity contribution in [3.8, 4) is 0 Å². The summed E-state index contributed by atoms with van der Waals surface area (Å²) >= 11 is 11.8. The van der Waals surface area contributed by atoms with Crippen molar-refractivity contribution in [1.82, 2.24) is 0 Å². The summed E-state index contributed by atoms with van der Waals surface area (Å²) in [6, 6.07) is 6.01. The van der Waals surface area contributed by atoms with Gasteiger partial charge in [-0.3, -0.25) is 5.41 Å². The quantitative estimate of drug-likeness (QED) is 0.322. The first kappa shape index (κ1) is 24.2. The highest BCUT2D eigenvalue weighted by Gasteiger charge is 2.37. The minimum atomic E-state index is -4.93. The number of hydrogen-bond donors (Lipinski definition) is 1. The van der Waals surface area contributed by atoms with Crippen LogP contribution in [0.25, 0.3) is 0 Å². The second-order valence-corrected chi connectivity index (χ2v) is 7.43. The maximum Gasteiger partial charge on any atom is 0.416 e. The Morgan fingerprint density at radius 2 is 1.50 bits per heavy atom. The number of alkyl halides is 6. The van der Waals surface area contributed by atoms with E-state index in [4.69, 9.17) is 28.6 Å². The summed E-state index contributed by atoms with van der Waals surface area (Å²) in [4.78, 5) is 11.1. The van der Waals surface area contributed by atoms with Gasteiger partial charge in [0, 0.05) is 12.8 Å². The Balaban J connectivity index is 2.28. The predicted molar refractivity (Wildman–Crippen MR) is 102 cm³/mol. The fraction of sp³-hybridized carbons (Fsp3) is 0.300. The molecular weight excluding hydrogens is 455 g/mol. The summed E-state index contributed by atoms with van der Waals surface area (Å²) in [5.74, 6) is -0.606. The van der Waals surface area contributed by atoms with Crippen LogP contribution in [0.4, 0.5) is 26.3 Å². The van der Waals surface area contributed by atoms with Gasteiger partial charge in [0.05, 0.1) is 27.1 Å². The molecule has 0 aliphatic carbocycles. The largest absolute Gasteiger partial charge is 0.416 e. The average molecular weight is 471 g/mol. The van der Waals surface area contributed by atoms with Crippen molar-refractivity contribution in [3.63, 3.8) is 0 Å². The molecule has 0 radical (unpaired) electrons. The summed E-state index contributed by atoms with van der Waals surface area (Å²) in [5, 5.41) is 6.57. The van der Waals surface area contributed by atoms with Crippen molar-refractivity contribution in [3.05, 3.63) is 68.7 Å². The van der Waals surface area contributed by atoms with Gasteiger partial charge in [0.15, 0.2) is 5.71 Å². The van der Waals surface area contributed by atoms with Gasteiger partial charge in [0.1, 0.15) is 6.29 Å². The summed E-state index contributed by atoms with van der Waals surface area (Å²) in [6.07, 6.45) is -9.46. The number of aldehydes is 1. The van der Waals surface area contributed by atoms with Gasteiger partial charge >= 0.3 is 12.4 Å². The zero-order valence-electron chi connectivity index (χ0n) is 15.2. The zero-order valence-corrected chi connectivity index (χ0v) is 16.8. The summed E-state index contributed by atoms with van der Waals surface area (Å²) < 4.78 is 78.0. The molecule has 10 heteroatoms. The summed E-state index contributed by atoms with van der Waals surface area (Å²) in [6.45, 7) is 0. The number of nitrogens with two attached hydrogens (primary N) is 1. The number of benzene rings is 2. The molecule has 0 spiro atoms. The third kappa shape index (κ3) is 6.22. The molecule has 2 rings (SSSR count). The van der Waals surface area contributed by atoms with E-state index in [1.54, 1.807) is 6.07 Å². The molecule has 0 saturated carbocycles. The lowest BCUT2D eigenvalue weighted by atomic mass is 9.88. The van der Waals surface area contributed by atoms with Crippen LogP contribution in [0.5, 0.6) is 0 Å². The monoisotopic (exact) mass is 470 g/mol. The smallest absolute Gasteiger partial charge is 0.303 e. The standard InChI is InChI=1S/C20H15Cl2F6NO/c21-16-3-2-12(9-17(16)22)15(5-6-30)18(29)4-1-11-7-13(19(23,24)25)10-14(8-11)20(26,27)28/h2-3,6-10,15,29H,1,4-5H2/p+1. The molecular formula is C20H16Cl2F6NO+. The lowest BCUT2D eigenvalue weighted by molar-refractivity contribution is -0.143. The molecule has 162 valence electrons. The molecule has 0 amide bonds. The van der Waals surface area contributed by atoms with Gasteiger partial charge in [-0.1, -0.05) is 29.3 Å². The second-order valence-electron chi connectivity index (χ2n) is 6.62. The van der Waals surface area contributed by atoms with Crippen LogP contribution >= 0.6 is 23.2 Å². The number of carbonyl (C=O) groups excluding carboxylic acids is 1. The third-order valence-corrected chi connectivity index (χ3v) is 5.21. The summed E-state index contributed by atoms with van der Waals surface area (Å²) in [5.41, 5.74) is -2.15. The molecule has 2 N–H and O–H groups in total. The first-order valence-electron chi connectivity index (χ1n) is 8.61. The van der Waals surface area contributed by atoms with Crippen molar-refractivity contribution >= 4 is 35.2 Å². The van der Waals surface area contributed by atoms with Crippen LogP contribution in [0.2, 0.25) is 10.0 Å². The van der Waals surface area contributed by atoms with E-state index in [0.717, 1.165) is 0 Å². The Morgan fingerprint density at radius 1 is 0.933 bits per heavy atom. The Morgan fingerprint density at radius 3 is 1.97 bits per heavy atom. The van der Waals surface area contributed by atoms with E-state index >= 15 is 0 Å². The first-order chi connectivity index (χ1) is 13.8. The highest BCUT2D eigenvalue weighted by Crippen LogP contribution is 2.37. The minimum Gasteiger partial charge on any atom is -0.303 e. The fourth-order valence-electron chi connectivity index (χ4n) is 2.95. The summed E-state index contributed by atoms with van der Waals surface area (Å²) in [7, 11) is 0. The molecule has 0 saturated heterocycles. The van der Waals surface area contributed by atoms with Gasteiger partial charge in [0.2, 0.25) is 0 Å². The minimum absolute atomic E-state index is 0.0276. The molecule has 1 unspecified atom stereocenters. The van der Waals surface area contributed by atoms with Crippen molar-refractivity contribution in [2.45, 2.75) is 37.5 Å². The molecule has 2 aromatic carbocycles. The van der Waals surface area contributed by atoms with Crippen LogP contribution in [0.1, 0.15) is 41.0 Å². The van der Waals surface area contributed by atoms with Crippen molar-refractivity contribution in [2.24, 2.45) is 0 Å². The van der Waals surface area contributed by atoms with Crippen LogP contribution in [-0.2, 0) is 23.6 Å². The predicted octanol–water partition coefficient (Wildman–Crippen LogP) is 5.54. The molecule has 0 fully saturated rings. The second kappa shape index (κ2) is 9.39. The van der Waals surface area contributed by atoms with E-state index < -0.39 is 29.4 Å². The van der Waals surface area contributed by atoms with Crippen LogP contribution < -0.4 is 5.41 Å². The molecule has 0 heterocycles. The molecule has 0 aliphatic rings. The van der Waals surface area contributed by atoms with Crippen LogP contribution in [-0.4, -0.2) is 12.0 Å².